The van der Waals surface area contributed by atoms with E-state index in [2.05, 4.69) is 6.92 Å². The fraction of sp³-hybridized carbons (Fsp3) is 0.682. The quantitative estimate of drug-likeness (QED) is 0.245. The predicted octanol–water partition coefficient (Wildman–Crippen LogP) is 5.28. The molecule has 0 amide bonds. The van der Waals surface area contributed by atoms with Crippen molar-refractivity contribution in [2.45, 2.75) is 88.8 Å². The Morgan fingerprint density at radius 2 is 2.03 bits per heavy atom. The van der Waals surface area contributed by atoms with Gasteiger partial charge in [0, 0.05) is 10.9 Å². The Kier molecular flexibility index (Phi) is 6.96. The number of ether oxygens (including phenoxy) is 1. The first kappa shape index (κ1) is 20.9. The van der Waals surface area contributed by atoms with E-state index in [4.69, 9.17) is 9.72 Å². The van der Waals surface area contributed by atoms with E-state index in [0.717, 1.165) is 74.4 Å². The van der Waals surface area contributed by atoms with Gasteiger partial charge in [0.15, 0.2) is 5.16 Å². The highest BCUT2D eigenvalue weighted by molar-refractivity contribution is 7.99. The maximum absolute atomic E-state index is 13.6. The fourth-order valence-electron chi connectivity index (χ4n) is 4.50. The van der Waals surface area contributed by atoms with Crippen LogP contribution in [-0.4, -0.2) is 27.9 Å². The molecule has 0 bridgehead atoms. The Hall–Kier alpha value is -1.34. The van der Waals surface area contributed by atoms with Crippen LogP contribution >= 0.6 is 23.1 Å². The molecule has 4 rings (SSSR count). The van der Waals surface area contributed by atoms with Crippen LogP contribution in [0.4, 0.5) is 0 Å². The average molecular weight is 435 g/mol. The van der Waals surface area contributed by atoms with Crippen LogP contribution in [0.15, 0.2) is 9.95 Å². The maximum atomic E-state index is 13.6. The van der Waals surface area contributed by atoms with Gasteiger partial charge in [-0.3, -0.25) is 14.2 Å². The first-order valence-electron chi connectivity index (χ1n) is 11.0. The molecular formula is C22H30N2O3S2. The summed E-state index contributed by atoms with van der Waals surface area (Å²) in [6, 6.07) is 0.202. The Labute approximate surface area is 180 Å². The molecule has 2 aromatic rings. The van der Waals surface area contributed by atoms with E-state index in [-0.39, 0.29) is 23.3 Å². The van der Waals surface area contributed by atoms with E-state index in [1.165, 1.54) is 28.6 Å². The van der Waals surface area contributed by atoms with Gasteiger partial charge >= 0.3 is 5.97 Å². The number of nitrogens with zero attached hydrogens (tertiary/aromatic N) is 2. The molecule has 0 saturated heterocycles. The molecule has 1 fully saturated rings. The number of carbonyl (C=O) groups is 1. The molecule has 1 saturated carbocycles. The second-order valence-electron chi connectivity index (χ2n) is 8.12. The van der Waals surface area contributed by atoms with E-state index < -0.39 is 0 Å². The highest BCUT2D eigenvalue weighted by atomic mass is 32.2. The fourth-order valence-corrected chi connectivity index (χ4v) is 6.67. The number of fused-ring (bicyclic) bond motifs is 3. The van der Waals surface area contributed by atoms with Gasteiger partial charge in [-0.05, 0) is 44.1 Å². The minimum absolute atomic E-state index is 0.111. The molecule has 0 atom stereocenters. The molecule has 0 unspecified atom stereocenters. The summed E-state index contributed by atoms with van der Waals surface area (Å²) in [6.45, 7) is 2.61. The molecule has 2 aliphatic rings. The SMILES string of the molecule is CCCCCOC(=O)CSc1nc2sc3c(c2c(=O)n1C1CCCCC1)CCC3. The highest BCUT2D eigenvalue weighted by Gasteiger charge is 2.27. The number of hydrogen-bond donors (Lipinski definition) is 0. The topological polar surface area (TPSA) is 61.2 Å². The number of carbonyl (C=O) groups excluding carboxylic acids is 1. The van der Waals surface area contributed by atoms with E-state index in [9.17, 15) is 9.59 Å². The predicted molar refractivity (Wildman–Crippen MR) is 119 cm³/mol. The Morgan fingerprint density at radius 1 is 1.21 bits per heavy atom. The number of esters is 1. The van der Waals surface area contributed by atoms with Gasteiger partial charge in [-0.1, -0.05) is 50.8 Å². The van der Waals surface area contributed by atoms with Crippen LogP contribution in [0.3, 0.4) is 0 Å². The third-order valence-corrected chi connectivity index (χ3v) is 8.12. The van der Waals surface area contributed by atoms with Crippen molar-refractivity contribution in [3.63, 3.8) is 0 Å². The molecule has 0 spiro atoms. The molecule has 2 heterocycles. The van der Waals surface area contributed by atoms with Crippen LogP contribution in [0.2, 0.25) is 0 Å². The number of aryl methyl sites for hydroxylation is 2. The average Bonchev–Trinajstić information content (AvgIpc) is 3.31. The molecular weight excluding hydrogens is 404 g/mol. The van der Waals surface area contributed by atoms with Gasteiger partial charge in [0.1, 0.15) is 4.83 Å². The van der Waals surface area contributed by atoms with Gasteiger partial charge in [0.25, 0.3) is 5.56 Å². The summed E-state index contributed by atoms with van der Waals surface area (Å²) >= 11 is 3.04. The summed E-state index contributed by atoms with van der Waals surface area (Å²) in [5.41, 5.74) is 1.35. The number of aromatic nitrogens is 2. The maximum Gasteiger partial charge on any atom is 0.316 e. The van der Waals surface area contributed by atoms with Crippen LogP contribution in [0.25, 0.3) is 10.2 Å². The van der Waals surface area contributed by atoms with Crippen LogP contribution in [0.5, 0.6) is 0 Å². The van der Waals surface area contributed by atoms with Gasteiger partial charge in [-0.2, -0.15) is 0 Å². The summed E-state index contributed by atoms with van der Waals surface area (Å²) in [5, 5.41) is 1.54. The van der Waals surface area contributed by atoms with Crippen molar-refractivity contribution in [3.05, 3.63) is 20.8 Å². The number of unbranched alkanes of at least 4 members (excludes halogenated alkanes) is 2. The van der Waals surface area contributed by atoms with E-state index in [0.29, 0.717) is 11.8 Å². The molecule has 0 radical (unpaired) electrons. The van der Waals surface area contributed by atoms with Gasteiger partial charge < -0.3 is 4.74 Å². The van der Waals surface area contributed by atoms with Crippen molar-refractivity contribution in [3.8, 4) is 0 Å². The second kappa shape index (κ2) is 9.65. The molecule has 2 aromatic heterocycles. The van der Waals surface area contributed by atoms with E-state index >= 15 is 0 Å². The molecule has 0 aliphatic heterocycles. The molecule has 29 heavy (non-hydrogen) atoms. The number of hydrogen-bond acceptors (Lipinski definition) is 6. The molecule has 2 aliphatic carbocycles. The largest absolute Gasteiger partial charge is 0.465 e. The summed E-state index contributed by atoms with van der Waals surface area (Å²) in [4.78, 5) is 32.8. The lowest BCUT2D eigenvalue weighted by molar-refractivity contribution is -0.140. The van der Waals surface area contributed by atoms with Crippen LogP contribution < -0.4 is 5.56 Å². The van der Waals surface area contributed by atoms with Gasteiger partial charge in [0.2, 0.25) is 0 Å². The summed E-state index contributed by atoms with van der Waals surface area (Å²) < 4.78 is 7.26. The third-order valence-electron chi connectivity index (χ3n) is 6.01. The minimum atomic E-state index is -0.218. The van der Waals surface area contributed by atoms with E-state index in [1.807, 2.05) is 4.57 Å². The lowest BCUT2D eigenvalue weighted by Crippen LogP contribution is -2.29. The number of thiophene rings is 1. The first-order chi connectivity index (χ1) is 14.2. The highest BCUT2D eigenvalue weighted by Crippen LogP contribution is 2.37. The Balaban J connectivity index is 1.60. The first-order valence-corrected chi connectivity index (χ1v) is 12.8. The Morgan fingerprint density at radius 3 is 2.83 bits per heavy atom. The summed E-state index contributed by atoms with van der Waals surface area (Å²) in [7, 11) is 0. The number of thioether (sulfide) groups is 1. The van der Waals surface area contributed by atoms with E-state index in [1.54, 1.807) is 11.3 Å². The van der Waals surface area contributed by atoms with Crippen molar-refractivity contribution in [2.75, 3.05) is 12.4 Å². The third kappa shape index (κ3) is 4.55. The van der Waals surface area contributed by atoms with Crippen LogP contribution in [0, 0.1) is 0 Å². The van der Waals surface area contributed by atoms with Gasteiger partial charge in [0.05, 0.1) is 17.7 Å². The zero-order valence-corrected chi connectivity index (χ0v) is 18.8. The van der Waals surface area contributed by atoms with Crippen molar-refractivity contribution in [1.29, 1.82) is 0 Å². The lowest BCUT2D eigenvalue weighted by atomic mass is 9.95. The minimum Gasteiger partial charge on any atom is -0.465 e. The van der Waals surface area contributed by atoms with Crippen molar-refractivity contribution >= 4 is 39.3 Å². The second-order valence-corrected chi connectivity index (χ2v) is 10.1. The lowest BCUT2D eigenvalue weighted by Gasteiger charge is -2.25. The zero-order chi connectivity index (χ0) is 20.2. The Bertz CT molecular complexity index is 928. The van der Waals surface area contributed by atoms with Gasteiger partial charge in [-0.25, -0.2) is 4.98 Å². The molecule has 158 valence electrons. The van der Waals surface area contributed by atoms with Crippen molar-refractivity contribution in [2.24, 2.45) is 0 Å². The molecule has 7 heteroatoms. The normalized spacial score (nSPS) is 17.0. The molecule has 5 nitrogen and oxygen atoms in total. The summed E-state index contributed by atoms with van der Waals surface area (Å²) in [6.07, 6.45) is 11.9. The summed E-state index contributed by atoms with van der Waals surface area (Å²) in [5.74, 6) is -0.00803. The monoisotopic (exact) mass is 434 g/mol. The zero-order valence-electron chi connectivity index (χ0n) is 17.2. The van der Waals surface area contributed by atoms with Crippen LogP contribution in [0.1, 0.15) is 81.2 Å². The standard InChI is InChI=1S/C22H30N2O3S2/c1-2-3-7-13-27-18(25)14-28-22-23-20-19(16-11-8-12-17(16)29-20)21(26)24(22)15-9-5-4-6-10-15/h15H,2-14H2,1H3. The molecule has 0 N–H and O–H groups in total. The van der Waals surface area contributed by atoms with Crippen molar-refractivity contribution in [1.82, 2.24) is 9.55 Å². The number of rotatable bonds is 8. The smallest absolute Gasteiger partial charge is 0.316 e. The van der Waals surface area contributed by atoms with Crippen molar-refractivity contribution < 1.29 is 9.53 Å². The molecule has 0 aromatic carbocycles. The van der Waals surface area contributed by atoms with Gasteiger partial charge in [-0.15, -0.1) is 11.3 Å². The van der Waals surface area contributed by atoms with Crippen LogP contribution in [-0.2, 0) is 22.4 Å².